The maximum Gasteiger partial charge on any atom is 0.407 e. The van der Waals surface area contributed by atoms with Crippen LogP contribution in [0.25, 0.3) is 16.8 Å². The maximum absolute atomic E-state index is 13.1. The lowest BCUT2D eigenvalue weighted by molar-refractivity contribution is -0.0412. The van der Waals surface area contributed by atoms with Gasteiger partial charge in [0.05, 0.1) is 65.3 Å². The zero-order valence-electron chi connectivity index (χ0n) is 25.4. The number of amides is 2. The van der Waals surface area contributed by atoms with Crippen LogP contribution >= 0.6 is 11.6 Å². The quantitative estimate of drug-likeness (QED) is 0.299. The summed E-state index contributed by atoms with van der Waals surface area (Å²) in [4.78, 5) is 37.3. The number of carboxylic acid groups (broad SMARTS) is 1. The van der Waals surface area contributed by atoms with Crippen LogP contribution in [0.2, 0.25) is 5.02 Å². The molecule has 0 unspecified atom stereocenters. The molecule has 2 amide bonds. The number of pyridine rings is 1. The number of benzene rings is 1. The van der Waals surface area contributed by atoms with E-state index < -0.39 is 17.7 Å². The number of aryl methyl sites for hydroxylation is 1. The third-order valence-corrected chi connectivity index (χ3v) is 8.84. The Hall–Kier alpha value is -4.93. The fourth-order valence-electron chi connectivity index (χ4n) is 5.87. The first kappa shape index (κ1) is 31.1. The van der Waals surface area contributed by atoms with E-state index in [1.165, 1.54) is 11.1 Å². The average molecular weight is 645 g/mol. The molecule has 14 heteroatoms. The summed E-state index contributed by atoms with van der Waals surface area (Å²) in [6.45, 7) is 6.22. The molecule has 2 N–H and O–H groups in total. The van der Waals surface area contributed by atoms with Crippen LogP contribution in [0.4, 0.5) is 10.6 Å². The van der Waals surface area contributed by atoms with E-state index in [1.807, 2.05) is 26.0 Å². The van der Waals surface area contributed by atoms with Gasteiger partial charge < -0.3 is 29.7 Å². The number of halogens is 1. The van der Waals surface area contributed by atoms with Gasteiger partial charge in [-0.05, 0) is 44.4 Å². The van der Waals surface area contributed by atoms with Gasteiger partial charge in [0.15, 0.2) is 0 Å². The number of fused-ring (bicyclic) bond motifs is 1. The molecular weight excluding hydrogens is 612 g/mol. The minimum atomic E-state index is -0.992. The number of aromatic nitrogens is 4. The van der Waals surface area contributed by atoms with Crippen molar-refractivity contribution in [3.63, 3.8) is 0 Å². The van der Waals surface area contributed by atoms with Crippen LogP contribution in [0.15, 0.2) is 49.1 Å². The number of ether oxygens (including phenoxy) is 2. The zero-order chi connectivity index (χ0) is 32.4. The van der Waals surface area contributed by atoms with Gasteiger partial charge in [-0.3, -0.25) is 9.78 Å². The number of morpholine rings is 1. The van der Waals surface area contributed by atoms with Gasteiger partial charge in [0.25, 0.3) is 5.91 Å². The number of anilines is 1. The lowest BCUT2D eigenvalue weighted by Gasteiger charge is -2.40. The molecule has 13 nitrogen and oxygen atoms in total. The van der Waals surface area contributed by atoms with Gasteiger partial charge in [-0.1, -0.05) is 23.7 Å². The third-order valence-electron chi connectivity index (χ3n) is 8.52. The first-order chi connectivity index (χ1) is 22.1. The molecule has 46 heavy (non-hydrogen) atoms. The fourth-order valence-corrected chi connectivity index (χ4v) is 6.18. The molecule has 6 rings (SSSR count). The van der Waals surface area contributed by atoms with Crippen molar-refractivity contribution in [2.45, 2.75) is 38.3 Å². The Morgan fingerprint density at radius 2 is 2.02 bits per heavy atom. The zero-order valence-corrected chi connectivity index (χ0v) is 26.2. The molecule has 0 bridgehead atoms. The van der Waals surface area contributed by atoms with Crippen molar-refractivity contribution in [3.8, 4) is 23.1 Å². The molecular formula is C32H33ClN8O5. The van der Waals surface area contributed by atoms with Gasteiger partial charge in [-0.15, -0.1) is 0 Å². The monoisotopic (exact) mass is 644 g/mol. The van der Waals surface area contributed by atoms with Gasteiger partial charge in [0.2, 0.25) is 0 Å². The number of carbonyl (C=O) groups excluding carboxylic acids is 1. The van der Waals surface area contributed by atoms with Crippen LogP contribution in [0.3, 0.4) is 0 Å². The summed E-state index contributed by atoms with van der Waals surface area (Å²) < 4.78 is 13.3. The first-order valence-corrected chi connectivity index (χ1v) is 15.3. The highest BCUT2D eigenvalue weighted by Crippen LogP contribution is 2.31. The second-order valence-electron chi connectivity index (χ2n) is 11.8. The molecule has 0 radical (unpaired) electrons. The van der Waals surface area contributed by atoms with Crippen molar-refractivity contribution in [2.75, 3.05) is 44.3 Å². The third kappa shape index (κ3) is 6.40. The number of nitrogens with zero attached hydrogens (tertiary/aromatic N) is 7. The minimum Gasteiger partial charge on any atom is -0.489 e. The predicted octanol–water partition coefficient (Wildman–Crippen LogP) is 4.17. The number of hydrogen-bond donors (Lipinski definition) is 2. The lowest BCUT2D eigenvalue weighted by atomic mass is 9.89. The van der Waals surface area contributed by atoms with Crippen molar-refractivity contribution in [3.05, 3.63) is 70.8 Å². The molecule has 4 aromatic rings. The Morgan fingerprint density at radius 3 is 2.72 bits per heavy atom. The molecule has 2 fully saturated rings. The maximum atomic E-state index is 13.1. The second-order valence-corrected chi connectivity index (χ2v) is 12.2. The van der Waals surface area contributed by atoms with Gasteiger partial charge in [-0.2, -0.15) is 10.4 Å². The highest BCUT2D eigenvalue weighted by molar-refractivity contribution is 6.34. The number of rotatable bonds is 7. The van der Waals surface area contributed by atoms with Gasteiger partial charge in [0.1, 0.15) is 30.3 Å². The normalized spacial score (nSPS) is 17.8. The summed E-state index contributed by atoms with van der Waals surface area (Å²) in [5.74, 6) is 0.987. The molecule has 2 saturated heterocycles. The summed E-state index contributed by atoms with van der Waals surface area (Å²) in [5.41, 5.74) is 3.04. The van der Waals surface area contributed by atoms with Gasteiger partial charge in [-0.25, -0.2) is 14.3 Å². The summed E-state index contributed by atoms with van der Waals surface area (Å²) in [5, 5.41) is 27.0. The Labute approximate surface area is 270 Å². The number of hydrogen-bond acceptors (Lipinski definition) is 9. The van der Waals surface area contributed by atoms with Crippen molar-refractivity contribution in [1.82, 2.24) is 29.8 Å². The van der Waals surface area contributed by atoms with E-state index in [0.29, 0.717) is 83.6 Å². The highest BCUT2D eigenvalue weighted by atomic mass is 35.5. The molecule has 0 spiro atoms. The summed E-state index contributed by atoms with van der Waals surface area (Å²) in [6, 6.07) is 9.38. The van der Waals surface area contributed by atoms with Crippen LogP contribution < -0.4 is 15.0 Å². The standard InChI is InChI=1S/C32H33ClN8O5/c1-20-4-3-5-25(33)28(20)30(42)38-32(2)6-8-39(9-7-32)27-16-35-26(15-36-27)24-12-22(18-41-29(24)21(13-34)14-37-41)46-19-23-17-40(31(43)44)10-11-45-23/h3-5,12,14-16,18,23H,6-11,17,19H2,1-2H3,(H,38,42)(H,43,44)/t23-/m0/s1. The number of piperidine rings is 1. The number of nitriles is 1. The van der Waals surface area contributed by atoms with Crippen molar-refractivity contribution in [1.29, 1.82) is 5.26 Å². The SMILES string of the molecule is Cc1cccc(Cl)c1C(=O)NC1(C)CCN(c2cnc(-c3cc(OC[C@@H]4CN(C(=O)O)CCO4)cn4ncc(C#N)c34)cn2)CC1. The van der Waals surface area contributed by atoms with Crippen LogP contribution in [0.5, 0.6) is 5.75 Å². The van der Waals surface area contributed by atoms with E-state index in [1.54, 1.807) is 35.2 Å². The highest BCUT2D eigenvalue weighted by Gasteiger charge is 2.33. The molecule has 238 valence electrons. The van der Waals surface area contributed by atoms with Gasteiger partial charge >= 0.3 is 6.09 Å². The number of carbonyl (C=O) groups is 2. The van der Waals surface area contributed by atoms with E-state index in [-0.39, 0.29) is 19.1 Å². The van der Waals surface area contributed by atoms with E-state index in [9.17, 15) is 20.0 Å². The van der Waals surface area contributed by atoms with Crippen molar-refractivity contribution in [2.24, 2.45) is 0 Å². The van der Waals surface area contributed by atoms with Crippen LogP contribution in [0.1, 0.15) is 41.3 Å². The molecule has 0 saturated carbocycles. The van der Waals surface area contributed by atoms with E-state index in [2.05, 4.69) is 21.4 Å². The molecule has 2 aliphatic rings. The summed E-state index contributed by atoms with van der Waals surface area (Å²) in [6.07, 6.45) is 6.51. The van der Waals surface area contributed by atoms with E-state index in [0.717, 1.165) is 5.56 Å². The number of nitrogens with one attached hydrogen (secondary N) is 1. The molecule has 3 aromatic heterocycles. The minimum absolute atomic E-state index is 0.137. The Bertz CT molecular complexity index is 1790. The second kappa shape index (κ2) is 12.8. The predicted molar refractivity (Wildman–Crippen MR) is 169 cm³/mol. The topological polar surface area (TPSA) is 158 Å². The molecule has 2 aliphatic heterocycles. The largest absolute Gasteiger partial charge is 0.489 e. The molecule has 1 aromatic carbocycles. The molecule has 0 aliphatic carbocycles. The Kier molecular flexibility index (Phi) is 8.66. The van der Waals surface area contributed by atoms with Crippen LogP contribution in [-0.2, 0) is 4.74 Å². The smallest absolute Gasteiger partial charge is 0.407 e. The average Bonchev–Trinajstić information content (AvgIpc) is 3.47. The van der Waals surface area contributed by atoms with E-state index in [4.69, 9.17) is 31.0 Å². The van der Waals surface area contributed by atoms with Gasteiger partial charge in [0, 0.05) is 30.7 Å². The van der Waals surface area contributed by atoms with Crippen LogP contribution in [0, 0.1) is 18.3 Å². The summed E-state index contributed by atoms with van der Waals surface area (Å²) in [7, 11) is 0. The summed E-state index contributed by atoms with van der Waals surface area (Å²) >= 11 is 6.32. The van der Waals surface area contributed by atoms with Crippen molar-refractivity contribution < 1.29 is 24.2 Å². The Morgan fingerprint density at radius 1 is 1.22 bits per heavy atom. The van der Waals surface area contributed by atoms with Crippen molar-refractivity contribution >= 4 is 34.9 Å². The van der Waals surface area contributed by atoms with Crippen LogP contribution in [-0.4, -0.2) is 92.6 Å². The fraction of sp³-hybridized carbons (Fsp3) is 0.375. The first-order valence-electron chi connectivity index (χ1n) is 14.9. The lowest BCUT2D eigenvalue weighted by Crippen LogP contribution is -2.53. The molecule has 5 heterocycles. The van der Waals surface area contributed by atoms with E-state index >= 15 is 0 Å². The molecule has 1 atom stereocenters. The Balaban J connectivity index is 1.15.